The lowest BCUT2D eigenvalue weighted by atomic mass is 10.1. The van der Waals surface area contributed by atoms with Crippen LogP contribution in [0.1, 0.15) is 20.8 Å². The highest BCUT2D eigenvalue weighted by Gasteiger charge is 2.39. The van der Waals surface area contributed by atoms with Gasteiger partial charge in [0.1, 0.15) is 5.67 Å². The van der Waals surface area contributed by atoms with Gasteiger partial charge in [-0.2, -0.15) is 0 Å². The van der Waals surface area contributed by atoms with Gasteiger partial charge in [-0.1, -0.05) is 11.8 Å². The van der Waals surface area contributed by atoms with E-state index in [-0.39, 0.29) is 0 Å². The van der Waals surface area contributed by atoms with Crippen molar-refractivity contribution in [3.05, 3.63) is 11.1 Å². The molecule has 2 heterocycles. The highest BCUT2D eigenvalue weighted by molar-refractivity contribution is 8.16. The third-order valence-electron chi connectivity index (χ3n) is 2.28. The number of amidine groups is 1. The number of hydrogen-bond acceptors (Lipinski definition) is 3. The first kappa shape index (κ1) is 9.06. The van der Waals surface area contributed by atoms with Crippen molar-refractivity contribution in [3.8, 4) is 0 Å². The first-order valence-electron chi connectivity index (χ1n) is 4.40. The zero-order valence-electron chi connectivity index (χ0n) is 8.04. The standard InChI is InChI=1S/C9H13FN2S/c1-6-4-11-8-12(6)7(5-13-8)9(2,3)10/h5-6H,4H2,1-3H3. The second kappa shape index (κ2) is 2.74. The third kappa shape index (κ3) is 1.37. The summed E-state index contributed by atoms with van der Waals surface area (Å²) in [4.78, 5) is 6.33. The minimum atomic E-state index is -1.26. The van der Waals surface area contributed by atoms with E-state index in [1.165, 1.54) is 11.8 Å². The first-order chi connectivity index (χ1) is 6.00. The van der Waals surface area contributed by atoms with Crippen LogP contribution in [0.25, 0.3) is 0 Å². The molecule has 0 aromatic heterocycles. The van der Waals surface area contributed by atoms with Crippen LogP contribution in [0.15, 0.2) is 16.1 Å². The molecule has 0 N–H and O–H groups in total. The Morgan fingerprint density at radius 3 is 3.00 bits per heavy atom. The van der Waals surface area contributed by atoms with Gasteiger partial charge in [0.05, 0.1) is 18.3 Å². The second-order valence-electron chi connectivity index (χ2n) is 3.94. The minimum absolute atomic E-state index is 0.311. The van der Waals surface area contributed by atoms with E-state index in [2.05, 4.69) is 11.9 Å². The second-order valence-corrected chi connectivity index (χ2v) is 4.77. The lowest BCUT2D eigenvalue weighted by molar-refractivity contribution is 0.217. The molecule has 72 valence electrons. The van der Waals surface area contributed by atoms with E-state index in [1.54, 1.807) is 13.8 Å². The predicted molar refractivity (Wildman–Crippen MR) is 54.5 cm³/mol. The highest BCUT2D eigenvalue weighted by atomic mass is 32.2. The van der Waals surface area contributed by atoms with Crippen LogP contribution < -0.4 is 0 Å². The van der Waals surface area contributed by atoms with E-state index in [1.807, 2.05) is 10.3 Å². The average molecular weight is 200 g/mol. The number of hydrogen-bond donors (Lipinski definition) is 0. The summed E-state index contributed by atoms with van der Waals surface area (Å²) < 4.78 is 13.7. The molecule has 2 nitrogen and oxygen atoms in total. The van der Waals surface area contributed by atoms with Crippen LogP contribution >= 0.6 is 11.8 Å². The van der Waals surface area contributed by atoms with E-state index in [0.29, 0.717) is 6.04 Å². The molecule has 1 unspecified atom stereocenters. The molecule has 2 rings (SSSR count). The SMILES string of the molecule is CC1CN=C2SC=C(C(C)(C)F)N21. The van der Waals surface area contributed by atoms with E-state index in [0.717, 1.165) is 17.4 Å². The number of fused-ring (bicyclic) bond motifs is 1. The Kier molecular flexibility index (Phi) is 1.91. The molecule has 13 heavy (non-hydrogen) atoms. The monoisotopic (exact) mass is 200 g/mol. The molecule has 0 bridgehead atoms. The molecule has 0 aromatic rings. The lowest BCUT2D eigenvalue weighted by Crippen LogP contribution is -2.36. The predicted octanol–water partition coefficient (Wildman–Crippen LogP) is 2.38. The Hall–Kier alpha value is -0.510. The molecular formula is C9H13FN2S. The molecule has 0 saturated heterocycles. The Morgan fingerprint density at radius 2 is 2.38 bits per heavy atom. The summed E-state index contributed by atoms with van der Waals surface area (Å²) in [6.07, 6.45) is 0. The molecule has 0 amide bonds. The van der Waals surface area contributed by atoms with Crippen molar-refractivity contribution >= 4 is 16.9 Å². The van der Waals surface area contributed by atoms with Gasteiger partial charge in [-0.3, -0.25) is 4.99 Å². The molecule has 0 aliphatic carbocycles. The topological polar surface area (TPSA) is 15.6 Å². The van der Waals surface area contributed by atoms with Crippen LogP contribution in [0.4, 0.5) is 4.39 Å². The van der Waals surface area contributed by atoms with Crippen LogP contribution in [0, 0.1) is 0 Å². The lowest BCUT2D eigenvalue weighted by Gasteiger charge is -2.28. The summed E-state index contributed by atoms with van der Waals surface area (Å²) in [7, 11) is 0. The number of allylic oxidation sites excluding steroid dienone is 1. The fraction of sp³-hybridized carbons (Fsp3) is 0.667. The summed E-state index contributed by atoms with van der Waals surface area (Å²) in [5.41, 5.74) is -0.510. The summed E-state index contributed by atoms with van der Waals surface area (Å²) in [6.45, 7) is 6.04. The normalized spacial score (nSPS) is 27.4. The Labute approximate surface area is 81.9 Å². The first-order valence-corrected chi connectivity index (χ1v) is 5.28. The smallest absolute Gasteiger partial charge is 0.168 e. The van der Waals surface area contributed by atoms with E-state index in [9.17, 15) is 4.39 Å². The van der Waals surface area contributed by atoms with Crippen LogP contribution in [-0.2, 0) is 0 Å². The number of halogens is 1. The zero-order chi connectivity index (χ0) is 9.64. The zero-order valence-corrected chi connectivity index (χ0v) is 8.86. The largest absolute Gasteiger partial charge is 0.316 e. The Bertz CT molecular complexity index is 290. The molecule has 4 heteroatoms. The maximum absolute atomic E-state index is 13.7. The van der Waals surface area contributed by atoms with Gasteiger partial charge in [0.25, 0.3) is 0 Å². The number of aliphatic imine (C=N–C) groups is 1. The number of thioether (sulfide) groups is 1. The third-order valence-corrected chi connectivity index (χ3v) is 3.16. The average Bonchev–Trinajstić information content (AvgIpc) is 2.51. The van der Waals surface area contributed by atoms with Gasteiger partial charge < -0.3 is 4.90 Å². The fourth-order valence-electron chi connectivity index (χ4n) is 1.58. The maximum Gasteiger partial charge on any atom is 0.168 e. The fourth-order valence-corrected chi connectivity index (χ4v) is 2.73. The maximum atomic E-state index is 13.7. The van der Waals surface area contributed by atoms with Crippen molar-refractivity contribution in [1.29, 1.82) is 0 Å². The van der Waals surface area contributed by atoms with Gasteiger partial charge >= 0.3 is 0 Å². The number of alkyl halides is 1. The van der Waals surface area contributed by atoms with Crippen LogP contribution in [-0.4, -0.2) is 28.3 Å². The molecule has 0 aromatic carbocycles. The van der Waals surface area contributed by atoms with Crippen LogP contribution in [0.2, 0.25) is 0 Å². The molecule has 1 atom stereocenters. The van der Waals surface area contributed by atoms with Crippen molar-refractivity contribution in [3.63, 3.8) is 0 Å². The van der Waals surface area contributed by atoms with Crippen LogP contribution in [0.3, 0.4) is 0 Å². The van der Waals surface area contributed by atoms with Crippen molar-refractivity contribution in [2.45, 2.75) is 32.5 Å². The molecular weight excluding hydrogens is 187 g/mol. The molecule has 0 radical (unpaired) electrons. The number of rotatable bonds is 1. The summed E-state index contributed by atoms with van der Waals surface area (Å²) in [5.74, 6) is 0. The van der Waals surface area contributed by atoms with E-state index >= 15 is 0 Å². The number of nitrogens with zero attached hydrogens (tertiary/aromatic N) is 2. The van der Waals surface area contributed by atoms with Crippen molar-refractivity contribution < 1.29 is 4.39 Å². The van der Waals surface area contributed by atoms with Gasteiger partial charge in [0.15, 0.2) is 5.17 Å². The van der Waals surface area contributed by atoms with Gasteiger partial charge in [-0.15, -0.1) is 0 Å². The molecule has 0 spiro atoms. The summed E-state index contributed by atoms with van der Waals surface area (Å²) in [5, 5.41) is 2.82. The van der Waals surface area contributed by atoms with Gasteiger partial charge in [0.2, 0.25) is 0 Å². The van der Waals surface area contributed by atoms with E-state index in [4.69, 9.17) is 0 Å². The van der Waals surface area contributed by atoms with Crippen molar-refractivity contribution in [2.24, 2.45) is 4.99 Å². The van der Waals surface area contributed by atoms with Crippen molar-refractivity contribution in [2.75, 3.05) is 6.54 Å². The molecule has 0 saturated carbocycles. The Morgan fingerprint density at radius 1 is 1.69 bits per heavy atom. The minimum Gasteiger partial charge on any atom is -0.316 e. The van der Waals surface area contributed by atoms with Crippen LogP contribution in [0.5, 0.6) is 0 Å². The highest BCUT2D eigenvalue weighted by Crippen LogP contribution is 2.38. The van der Waals surface area contributed by atoms with Gasteiger partial charge in [-0.25, -0.2) is 4.39 Å². The molecule has 0 fully saturated rings. The van der Waals surface area contributed by atoms with E-state index < -0.39 is 5.67 Å². The summed E-state index contributed by atoms with van der Waals surface area (Å²) in [6, 6.07) is 0.311. The molecule has 2 aliphatic rings. The Balaban J connectivity index is 2.29. The molecule has 2 aliphatic heterocycles. The summed E-state index contributed by atoms with van der Waals surface area (Å²) >= 11 is 1.53. The quantitative estimate of drug-likeness (QED) is 0.646. The van der Waals surface area contributed by atoms with Crippen molar-refractivity contribution in [1.82, 2.24) is 4.90 Å². The van der Waals surface area contributed by atoms with Gasteiger partial charge in [-0.05, 0) is 20.8 Å². The van der Waals surface area contributed by atoms with Gasteiger partial charge in [0, 0.05) is 5.41 Å².